The fraction of sp³-hybridized carbons (Fsp3) is 0.214. The standard InChI is InChI=1S/C28H25FN4O4S/c29-22-7-8-24-25(18-33(27(24)15-22)38(36,37)23-4-2-1-3-5-23)20-6-9-26-21(14-20)17-32(30-26)16-19-10-12-31(13-11-19)28(34)35/h1-9,14-15,17-19H,10-13,16H2,(H,34,35). The second kappa shape index (κ2) is 9.29. The van der Waals surface area contributed by atoms with E-state index in [1.807, 2.05) is 29.1 Å². The smallest absolute Gasteiger partial charge is 0.407 e. The second-order valence-electron chi connectivity index (χ2n) is 9.66. The molecule has 0 aliphatic carbocycles. The highest BCUT2D eigenvalue weighted by atomic mass is 32.2. The lowest BCUT2D eigenvalue weighted by Crippen LogP contribution is -2.38. The first-order valence-corrected chi connectivity index (χ1v) is 13.8. The first-order chi connectivity index (χ1) is 18.3. The number of halogens is 1. The zero-order valence-corrected chi connectivity index (χ0v) is 21.2. The Hall–Kier alpha value is -4.18. The summed E-state index contributed by atoms with van der Waals surface area (Å²) in [5, 5.41) is 15.4. The molecular formula is C28H25FN4O4S. The Labute approximate surface area is 218 Å². The highest BCUT2D eigenvalue weighted by molar-refractivity contribution is 7.90. The van der Waals surface area contributed by atoms with Crippen LogP contribution in [0.3, 0.4) is 0 Å². The maximum atomic E-state index is 14.2. The molecule has 10 heteroatoms. The summed E-state index contributed by atoms with van der Waals surface area (Å²) in [4.78, 5) is 12.7. The van der Waals surface area contributed by atoms with E-state index < -0.39 is 21.9 Å². The molecule has 194 valence electrons. The Kier molecular flexibility index (Phi) is 5.91. The molecule has 0 bridgehead atoms. The van der Waals surface area contributed by atoms with Crippen LogP contribution in [0, 0.1) is 11.7 Å². The molecule has 2 aromatic heterocycles. The van der Waals surface area contributed by atoms with E-state index in [2.05, 4.69) is 5.10 Å². The van der Waals surface area contributed by atoms with Crippen LogP contribution in [0.5, 0.6) is 0 Å². The van der Waals surface area contributed by atoms with E-state index in [1.54, 1.807) is 30.5 Å². The molecule has 38 heavy (non-hydrogen) atoms. The Balaban J connectivity index is 1.35. The molecule has 6 rings (SSSR count). The predicted molar refractivity (Wildman–Crippen MR) is 142 cm³/mol. The third-order valence-electron chi connectivity index (χ3n) is 7.23. The number of piperidine rings is 1. The van der Waals surface area contributed by atoms with Gasteiger partial charge in [-0.3, -0.25) is 4.68 Å². The van der Waals surface area contributed by atoms with Crippen LogP contribution in [0.1, 0.15) is 12.8 Å². The Bertz CT molecular complexity index is 1770. The van der Waals surface area contributed by atoms with Gasteiger partial charge in [-0.15, -0.1) is 0 Å². The van der Waals surface area contributed by atoms with E-state index >= 15 is 0 Å². The monoisotopic (exact) mass is 532 g/mol. The van der Waals surface area contributed by atoms with Crippen molar-refractivity contribution in [3.8, 4) is 11.1 Å². The summed E-state index contributed by atoms with van der Waals surface area (Å²) < 4.78 is 44.2. The first kappa shape index (κ1) is 24.2. The average molecular weight is 533 g/mol. The highest BCUT2D eigenvalue weighted by Gasteiger charge is 2.24. The van der Waals surface area contributed by atoms with Gasteiger partial charge in [0.25, 0.3) is 10.0 Å². The molecule has 1 amide bonds. The average Bonchev–Trinajstić information content (AvgIpc) is 3.50. The number of hydrogen-bond acceptors (Lipinski definition) is 4. The third kappa shape index (κ3) is 4.30. The van der Waals surface area contributed by atoms with Crippen molar-refractivity contribution in [1.82, 2.24) is 18.7 Å². The van der Waals surface area contributed by atoms with Gasteiger partial charge in [0.05, 0.1) is 15.9 Å². The number of aromatic nitrogens is 3. The number of benzene rings is 3. The van der Waals surface area contributed by atoms with Crippen LogP contribution in [0.15, 0.2) is 84.0 Å². The number of fused-ring (bicyclic) bond motifs is 2. The van der Waals surface area contributed by atoms with Gasteiger partial charge in [-0.1, -0.05) is 24.3 Å². The van der Waals surface area contributed by atoms with Gasteiger partial charge in [0.1, 0.15) is 5.82 Å². The molecule has 1 aliphatic rings. The largest absolute Gasteiger partial charge is 0.465 e. The van der Waals surface area contributed by atoms with Gasteiger partial charge in [-0.25, -0.2) is 21.6 Å². The van der Waals surface area contributed by atoms with E-state index in [9.17, 15) is 17.6 Å². The molecule has 0 radical (unpaired) electrons. The van der Waals surface area contributed by atoms with Crippen LogP contribution < -0.4 is 0 Å². The molecule has 1 fully saturated rings. The van der Waals surface area contributed by atoms with Gasteiger partial charge in [0.2, 0.25) is 0 Å². The molecule has 5 aromatic rings. The first-order valence-electron chi connectivity index (χ1n) is 12.4. The van der Waals surface area contributed by atoms with Crippen molar-refractivity contribution in [2.75, 3.05) is 13.1 Å². The molecule has 0 unspecified atom stereocenters. The zero-order valence-electron chi connectivity index (χ0n) is 20.4. The fourth-order valence-corrected chi connectivity index (χ4v) is 6.60. The summed E-state index contributed by atoms with van der Waals surface area (Å²) in [6.45, 7) is 1.76. The Morgan fingerprint density at radius 2 is 1.76 bits per heavy atom. The molecule has 8 nitrogen and oxygen atoms in total. The molecule has 0 atom stereocenters. The molecule has 0 saturated carbocycles. The van der Waals surface area contributed by atoms with Crippen molar-refractivity contribution in [2.45, 2.75) is 24.3 Å². The number of carboxylic acid groups (broad SMARTS) is 1. The summed E-state index contributed by atoms with van der Waals surface area (Å²) in [7, 11) is -3.94. The zero-order chi connectivity index (χ0) is 26.4. The molecular weight excluding hydrogens is 507 g/mol. The molecule has 1 saturated heterocycles. The molecule has 0 spiro atoms. The quantitative estimate of drug-likeness (QED) is 0.326. The van der Waals surface area contributed by atoms with Gasteiger partial charge < -0.3 is 10.0 Å². The molecule has 1 N–H and O–H groups in total. The Morgan fingerprint density at radius 1 is 1.00 bits per heavy atom. The van der Waals surface area contributed by atoms with E-state index in [0.717, 1.165) is 33.3 Å². The number of nitrogens with zero attached hydrogens (tertiary/aromatic N) is 4. The Morgan fingerprint density at radius 3 is 2.50 bits per heavy atom. The van der Waals surface area contributed by atoms with Gasteiger partial charge in [-0.2, -0.15) is 5.10 Å². The van der Waals surface area contributed by atoms with E-state index in [1.165, 1.54) is 29.2 Å². The van der Waals surface area contributed by atoms with Crippen molar-refractivity contribution < 1.29 is 22.7 Å². The SMILES string of the molecule is O=C(O)N1CCC(Cn2cc3cc(-c4cn(S(=O)(=O)c5ccccc5)c5cc(F)ccc45)ccc3n2)CC1. The summed E-state index contributed by atoms with van der Waals surface area (Å²) in [5.41, 5.74) is 2.55. The maximum Gasteiger partial charge on any atom is 0.407 e. The van der Waals surface area contributed by atoms with Gasteiger partial charge in [0, 0.05) is 48.4 Å². The maximum absolute atomic E-state index is 14.2. The normalized spacial score (nSPS) is 14.9. The van der Waals surface area contributed by atoms with Crippen LogP contribution in [0.4, 0.5) is 9.18 Å². The minimum absolute atomic E-state index is 0.124. The van der Waals surface area contributed by atoms with Crippen LogP contribution in [-0.2, 0) is 16.6 Å². The predicted octanol–water partition coefficient (Wildman–Crippen LogP) is 5.42. The lowest BCUT2D eigenvalue weighted by atomic mass is 9.97. The second-order valence-corrected chi connectivity index (χ2v) is 11.5. The third-order valence-corrected chi connectivity index (χ3v) is 8.91. The van der Waals surface area contributed by atoms with Crippen LogP contribution in [0.2, 0.25) is 0 Å². The highest BCUT2D eigenvalue weighted by Crippen LogP contribution is 2.35. The van der Waals surface area contributed by atoms with Crippen molar-refractivity contribution in [2.24, 2.45) is 5.92 Å². The lowest BCUT2D eigenvalue weighted by molar-refractivity contribution is 0.121. The summed E-state index contributed by atoms with van der Waals surface area (Å²) in [6, 6.07) is 18.0. The van der Waals surface area contributed by atoms with Crippen molar-refractivity contribution in [3.63, 3.8) is 0 Å². The topological polar surface area (TPSA) is 97.4 Å². The molecule has 3 aromatic carbocycles. The van der Waals surface area contributed by atoms with Crippen molar-refractivity contribution >= 4 is 37.9 Å². The number of carbonyl (C=O) groups is 1. The van der Waals surface area contributed by atoms with Gasteiger partial charge in [0.15, 0.2) is 0 Å². The van der Waals surface area contributed by atoms with Crippen LogP contribution >= 0.6 is 0 Å². The fourth-order valence-electron chi connectivity index (χ4n) is 5.22. The number of likely N-dealkylation sites (tertiary alicyclic amines) is 1. The van der Waals surface area contributed by atoms with Crippen molar-refractivity contribution in [3.05, 3.63) is 84.9 Å². The summed E-state index contributed by atoms with van der Waals surface area (Å²) in [6.07, 6.45) is 4.22. The van der Waals surface area contributed by atoms with Gasteiger partial charge >= 0.3 is 6.09 Å². The molecule has 1 aliphatic heterocycles. The van der Waals surface area contributed by atoms with E-state index in [0.29, 0.717) is 36.5 Å². The van der Waals surface area contributed by atoms with E-state index in [4.69, 9.17) is 5.11 Å². The molecule has 3 heterocycles. The number of amides is 1. The number of rotatable bonds is 5. The minimum atomic E-state index is -3.94. The lowest BCUT2D eigenvalue weighted by Gasteiger charge is -2.29. The van der Waals surface area contributed by atoms with Crippen LogP contribution in [-0.4, -0.2) is 51.4 Å². The van der Waals surface area contributed by atoms with E-state index in [-0.39, 0.29) is 10.4 Å². The van der Waals surface area contributed by atoms with Crippen molar-refractivity contribution in [1.29, 1.82) is 0 Å². The summed E-state index contributed by atoms with van der Waals surface area (Å²) in [5.74, 6) is -0.173. The number of hydrogen-bond donors (Lipinski definition) is 1. The van der Waals surface area contributed by atoms with Crippen LogP contribution in [0.25, 0.3) is 32.9 Å². The van der Waals surface area contributed by atoms with Gasteiger partial charge in [-0.05, 0) is 66.8 Å². The summed E-state index contributed by atoms with van der Waals surface area (Å²) >= 11 is 0. The minimum Gasteiger partial charge on any atom is -0.465 e.